The Kier molecular flexibility index (Phi) is 3.99. The fourth-order valence-corrected chi connectivity index (χ4v) is 1.79. The number of aryl methyl sites for hydroxylation is 1. The maximum atomic E-state index is 11.9. The number of hydrogen-bond acceptors (Lipinski definition) is 3. The van der Waals surface area contributed by atoms with Crippen LogP contribution in [0.5, 0.6) is 0 Å². The van der Waals surface area contributed by atoms with E-state index in [0.29, 0.717) is 16.7 Å². The van der Waals surface area contributed by atoms with E-state index in [1.165, 1.54) is 0 Å². The van der Waals surface area contributed by atoms with E-state index in [0.717, 1.165) is 5.56 Å². The molecule has 0 unspecified atom stereocenters. The molecular weight excluding hydrogens is 241 g/mol. The monoisotopic (exact) mass is 255 g/mol. The molecule has 0 saturated heterocycles. The fourth-order valence-electron chi connectivity index (χ4n) is 1.79. The Hall–Kier alpha value is -2.11. The van der Waals surface area contributed by atoms with Gasteiger partial charge in [-0.2, -0.15) is 0 Å². The van der Waals surface area contributed by atoms with Crippen LogP contribution in [-0.4, -0.2) is 23.1 Å². The van der Waals surface area contributed by atoms with E-state index in [9.17, 15) is 14.8 Å². The molecule has 0 saturated carbocycles. The van der Waals surface area contributed by atoms with Gasteiger partial charge in [-0.1, -0.05) is 29.8 Å². The molecule has 3 N–H and O–H groups in total. The first-order valence-electron chi connectivity index (χ1n) is 5.91. The van der Waals surface area contributed by atoms with Gasteiger partial charge in [0.15, 0.2) is 0 Å². The highest BCUT2D eigenvalue weighted by Gasteiger charge is 2.15. The van der Waals surface area contributed by atoms with Crippen molar-refractivity contribution in [1.29, 1.82) is 0 Å². The SMILES string of the molecule is Cc1ccc(NC(=O)c2ccccc2)cc1B(O)O. The maximum Gasteiger partial charge on any atom is 0.488 e. The van der Waals surface area contributed by atoms with Crippen LogP contribution < -0.4 is 10.8 Å². The normalized spacial score (nSPS) is 10.1. The van der Waals surface area contributed by atoms with Crippen molar-refractivity contribution in [1.82, 2.24) is 0 Å². The van der Waals surface area contributed by atoms with Gasteiger partial charge < -0.3 is 15.4 Å². The third kappa shape index (κ3) is 3.22. The van der Waals surface area contributed by atoms with Crippen molar-refractivity contribution in [3.63, 3.8) is 0 Å². The summed E-state index contributed by atoms with van der Waals surface area (Å²) in [6.07, 6.45) is 0. The molecule has 0 aromatic heterocycles. The lowest BCUT2D eigenvalue weighted by atomic mass is 9.77. The molecule has 5 heteroatoms. The van der Waals surface area contributed by atoms with Crippen molar-refractivity contribution in [2.45, 2.75) is 6.92 Å². The Morgan fingerprint density at radius 2 is 1.79 bits per heavy atom. The van der Waals surface area contributed by atoms with Crippen molar-refractivity contribution in [3.05, 3.63) is 59.7 Å². The topological polar surface area (TPSA) is 69.6 Å². The molecule has 0 aliphatic carbocycles. The van der Waals surface area contributed by atoms with Crippen molar-refractivity contribution < 1.29 is 14.8 Å². The van der Waals surface area contributed by atoms with Gasteiger partial charge in [0.2, 0.25) is 0 Å². The largest absolute Gasteiger partial charge is 0.488 e. The number of carbonyl (C=O) groups excluding carboxylic acids is 1. The quantitative estimate of drug-likeness (QED) is 0.714. The second-order valence-corrected chi connectivity index (χ2v) is 4.27. The molecule has 0 atom stereocenters. The van der Waals surface area contributed by atoms with Gasteiger partial charge in [0.25, 0.3) is 5.91 Å². The molecule has 0 heterocycles. The fraction of sp³-hybridized carbons (Fsp3) is 0.0714. The minimum Gasteiger partial charge on any atom is -0.423 e. The average molecular weight is 255 g/mol. The Morgan fingerprint density at radius 3 is 2.42 bits per heavy atom. The van der Waals surface area contributed by atoms with E-state index in [2.05, 4.69) is 5.32 Å². The van der Waals surface area contributed by atoms with Gasteiger partial charge in [-0.3, -0.25) is 4.79 Å². The minimum absolute atomic E-state index is 0.233. The van der Waals surface area contributed by atoms with Gasteiger partial charge in [-0.25, -0.2) is 0 Å². The summed E-state index contributed by atoms with van der Waals surface area (Å²) < 4.78 is 0. The second kappa shape index (κ2) is 5.69. The number of anilines is 1. The van der Waals surface area contributed by atoms with Gasteiger partial charge in [-0.05, 0) is 36.7 Å². The molecule has 2 rings (SSSR count). The van der Waals surface area contributed by atoms with Crippen molar-refractivity contribution in [2.75, 3.05) is 5.32 Å². The van der Waals surface area contributed by atoms with E-state index < -0.39 is 7.12 Å². The molecule has 2 aromatic rings. The van der Waals surface area contributed by atoms with Gasteiger partial charge >= 0.3 is 7.12 Å². The summed E-state index contributed by atoms with van der Waals surface area (Å²) in [5, 5.41) is 21.2. The minimum atomic E-state index is -1.55. The first kappa shape index (κ1) is 13.3. The number of rotatable bonds is 3. The van der Waals surface area contributed by atoms with E-state index >= 15 is 0 Å². The smallest absolute Gasteiger partial charge is 0.423 e. The van der Waals surface area contributed by atoms with Crippen LogP contribution in [0.15, 0.2) is 48.5 Å². The third-order valence-corrected chi connectivity index (χ3v) is 2.85. The molecule has 0 aliphatic heterocycles. The number of amides is 1. The first-order chi connectivity index (χ1) is 9.08. The summed E-state index contributed by atoms with van der Waals surface area (Å²) >= 11 is 0. The zero-order chi connectivity index (χ0) is 13.8. The molecule has 0 radical (unpaired) electrons. The highest BCUT2D eigenvalue weighted by molar-refractivity contribution is 6.59. The number of carbonyl (C=O) groups is 1. The highest BCUT2D eigenvalue weighted by atomic mass is 16.4. The zero-order valence-electron chi connectivity index (χ0n) is 10.5. The van der Waals surface area contributed by atoms with Crippen LogP contribution in [0, 0.1) is 6.92 Å². The van der Waals surface area contributed by atoms with E-state index in [4.69, 9.17) is 0 Å². The summed E-state index contributed by atoms with van der Waals surface area (Å²) in [5.41, 5.74) is 2.22. The van der Waals surface area contributed by atoms with Crippen LogP contribution in [0.1, 0.15) is 15.9 Å². The van der Waals surface area contributed by atoms with Crippen molar-refractivity contribution in [3.8, 4) is 0 Å². The Balaban J connectivity index is 2.20. The predicted octanol–water partition coefficient (Wildman–Crippen LogP) is 0.927. The molecule has 1 amide bonds. The maximum absolute atomic E-state index is 11.9. The van der Waals surface area contributed by atoms with Gasteiger partial charge in [0.05, 0.1) is 0 Å². The van der Waals surface area contributed by atoms with Crippen LogP contribution in [-0.2, 0) is 0 Å². The lowest BCUT2D eigenvalue weighted by molar-refractivity contribution is 0.102. The first-order valence-corrected chi connectivity index (χ1v) is 5.91. The lowest BCUT2D eigenvalue weighted by Gasteiger charge is -2.09. The molecule has 2 aromatic carbocycles. The van der Waals surface area contributed by atoms with Gasteiger partial charge in [-0.15, -0.1) is 0 Å². The summed E-state index contributed by atoms with van der Waals surface area (Å²) in [5.74, 6) is -0.233. The Labute approximate surface area is 111 Å². The van der Waals surface area contributed by atoms with Crippen LogP contribution >= 0.6 is 0 Å². The van der Waals surface area contributed by atoms with Crippen LogP contribution in [0.3, 0.4) is 0 Å². The molecule has 19 heavy (non-hydrogen) atoms. The summed E-state index contributed by atoms with van der Waals surface area (Å²) in [4.78, 5) is 11.9. The number of nitrogens with one attached hydrogen (secondary N) is 1. The standard InChI is InChI=1S/C14H14BNO3/c1-10-7-8-12(9-13(10)15(18)19)16-14(17)11-5-3-2-4-6-11/h2-9,18-19H,1H3,(H,16,17). The zero-order valence-corrected chi connectivity index (χ0v) is 10.5. The highest BCUT2D eigenvalue weighted by Crippen LogP contribution is 2.10. The molecule has 0 fully saturated rings. The Bertz CT molecular complexity index is 584. The number of hydrogen-bond donors (Lipinski definition) is 3. The van der Waals surface area contributed by atoms with Crippen molar-refractivity contribution >= 4 is 24.2 Å². The Morgan fingerprint density at radius 1 is 1.11 bits per heavy atom. The molecule has 96 valence electrons. The molecule has 4 nitrogen and oxygen atoms in total. The van der Waals surface area contributed by atoms with E-state index in [-0.39, 0.29) is 5.91 Å². The molecule has 0 aliphatic rings. The van der Waals surface area contributed by atoms with E-state index in [1.54, 1.807) is 49.4 Å². The summed E-state index contributed by atoms with van der Waals surface area (Å²) in [6.45, 7) is 1.78. The molecule has 0 bridgehead atoms. The summed E-state index contributed by atoms with van der Waals surface area (Å²) in [7, 11) is -1.55. The molecule has 0 spiro atoms. The van der Waals surface area contributed by atoms with Gasteiger partial charge in [0.1, 0.15) is 0 Å². The summed E-state index contributed by atoms with van der Waals surface area (Å²) in [6, 6.07) is 13.8. The van der Waals surface area contributed by atoms with Gasteiger partial charge in [0, 0.05) is 11.3 Å². The van der Waals surface area contributed by atoms with Crippen LogP contribution in [0.4, 0.5) is 5.69 Å². The number of benzene rings is 2. The van der Waals surface area contributed by atoms with Crippen LogP contribution in [0.25, 0.3) is 0 Å². The van der Waals surface area contributed by atoms with Crippen LogP contribution in [0.2, 0.25) is 0 Å². The van der Waals surface area contributed by atoms with Crippen molar-refractivity contribution in [2.24, 2.45) is 0 Å². The molecular formula is C14H14BNO3. The third-order valence-electron chi connectivity index (χ3n) is 2.85. The average Bonchev–Trinajstić information content (AvgIpc) is 2.41. The predicted molar refractivity (Wildman–Crippen MR) is 75.4 cm³/mol. The van der Waals surface area contributed by atoms with E-state index in [1.807, 2.05) is 6.07 Å². The second-order valence-electron chi connectivity index (χ2n) is 4.27. The lowest BCUT2D eigenvalue weighted by Crippen LogP contribution is -2.32.